The summed E-state index contributed by atoms with van der Waals surface area (Å²) >= 11 is 6.23. The van der Waals surface area contributed by atoms with Gasteiger partial charge in [-0.15, -0.1) is 0 Å². The van der Waals surface area contributed by atoms with Crippen molar-refractivity contribution in [1.82, 2.24) is 0 Å². The van der Waals surface area contributed by atoms with Crippen molar-refractivity contribution < 1.29 is 14.3 Å². The maximum Gasteiger partial charge on any atom is 0.179 e. The van der Waals surface area contributed by atoms with Crippen LogP contribution in [-0.4, -0.2) is 20.8 Å². The largest absolute Gasteiger partial charge is 0.493 e. The van der Waals surface area contributed by atoms with Gasteiger partial charge >= 0.3 is 0 Å². The molecule has 1 aromatic rings. The molecule has 0 saturated heterocycles. The molecule has 0 bridgehead atoms. The van der Waals surface area contributed by atoms with Gasteiger partial charge in [0.1, 0.15) is 0 Å². The van der Waals surface area contributed by atoms with E-state index in [2.05, 4.69) is 4.84 Å². The predicted octanol–water partition coefficient (Wildman–Crippen LogP) is 2.10. The molecule has 0 aliphatic heterocycles. The average Bonchev–Trinajstić information content (AvgIpc) is 2.28. The topological polar surface area (TPSA) is 53.7 Å². The van der Waals surface area contributed by atoms with Gasteiger partial charge in [0.25, 0.3) is 0 Å². The number of halogens is 1. The summed E-state index contributed by atoms with van der Waals surface area (Å²) in [5.74, 6) is 6.17. The molecule has 2 N–H and O–H groups in total. The van der Waals surface area contributed by atoms with E-state index in [1.54, 1.807) is 14.2 Å². The Morgan fingerprint density at radius 3 is 2.50 bits per heavy atom. The van der Waals surface area contributed by atoms with Crippen LogP contribution in [0.2, 0.25) is 5.02 Å². The van der Waals surface area contributed by atoms with Crippen LogP contribution in [0, 0.1) is 6.92 Å². The number of hydrogen-bond acceptors (Lipinski definition) is 4. The molecule has 4 nitrogen and oxygen atoms in total. The van der Waals surface area contributed by atoms with Crippen LogP contribution in [0.25, 0.3) is 0 Å². The fraction of sp³-hybridized carbons (Fsp3) is 0.455. The van der Waals surface area contributed by atoms with Crippen LogP contribution >= 0.6 is 11.6 Å². The molecule has 0 aliphatic carbocycles. The Bertz CT molecular complexity index is 369. The summed E-state index contributed by atoms with van der Waals surface area (Å²) in [6, 6.07) is 1.89. The van der Waals surface area contributed by atoms with Crippen LogP contribution < -0.4 is 15.4 Å². The lowest BCUT2D eigenvalue weighted by Crippen LogP contribution is -2.06. The van der Waals surface area contributed by atoms with Gasteiger partial charge in [0, 0.05) is 0 Å². The first-order chi connectivity index (χ1) is 7.65. The summed E-state index contributed by atoms with van der Waals surface area (Å²) in [7, 11) is 3.14. The lowest BCUT2D eigenvalue weighted by atomic mass is 10.0. The van der Waals surface area contributed by atoms with Crippen molar-refractivity contribution >= 4 is 11.6 Å². The second-order valence-corrected chi connectivity index (χ2v) is 3.72. The molecule has 0 aromatic heterocycles. The molecule has 0 saturated carbocycles. The summed E-state index contributed by atoms with van der Waals surface area (Å²) in [6.45, 7) is 2.37. The molecular weight excluding hydrogens is 230 g/mol. The molecule has 1 aromatic carbocycles. The first kappa shape index (κ1) is 13.1. The number of benzene rings is 1. The lowest BCUT2D eigenvalue weighted by Gasteiger charge is -2.15. The molecule has 0 heterocycles. The van der Waals surface area contributed by atoms with E-state index < -0.39 is 0 Å². The first-order valence-electron chi connectivity index (χ1n) is 4.87. The van der Waals surface area contributed by atoms with Gasteiger partial charge in [-0.1, -0.05) is 11.6 Å². The van der Waals surface area contributed by atoms with Crippen molar-refractivity contribution in [2.45, 2.75) is 13.3 Å². The monoisotopic (exact) mass is 245 g/mol. The van der Waals surface area contributed by atoms with Gasteiger partial charge in [0.2, 0.25) is 0 Å². The van der Waals surface area contributed by atoms with E-state index in [1.807, 2.05) is 13.0 Å². The second-order valence-electron chi connectivity index (χ2n) is 3.34. The highest BCUT2D eigenvalue weighted by atomic mass is 35.5. The van der Waals surface area contributed by atoms with Crippen molar-refractivity contribution in [3.63, 3.8) is 0 Å². The predicted molar refractivity (Wildman–Crippen MR) is 63.1 cm³/mol. The molecule has 0 aliphatic rings. The normalized spacial score (nSPS) is 10.3. The Morgan fingerprint density at radius 2 is 2.00 bits per heavy atom. The highest BCUT2D eigenvalue weighted by Crippen LogP contribution is 2.39. The SMILES string of the molecule is COc1cc(C)c(CCON)c(Cl)c1OC. The molecule has 0 spiro atoms. The van der Waals surface area contributed by atoms with Gasteiger partial charge in [-0.3, -0.25) is 0 Å². The Morgan fingerprint density at radius 1 is 1.31 bits per heavy atom. The number of hydrogen-bond donors (Lipinski definition) is 1. The fourth-order valence-electron chi connectivity index (χ4n) is 1.58. The molecule has 0 amide bonds. The number of ether oxygens (including phenoxy) is 2. The van der Waals surface area contributed by atoms with Crippen LogP contribution in [0.15, 0.2) is 6.07 Å². The zero-order valence-electron chi connectivity index (χ0n) is 9.67. The second kappa shape index (κ2) is 5.94. The van der Waals surface area contributed by atoms with Gasteiger partial charge in [-0.25, -0.2) is 5.90 Å². The average molecular weight is 246 g/mol. The zero-order chi connectivity index (χ0) is 12.1. The third-order valence-corrected chi connectivity index (χ3v) is 2.81. The smallest absolute Gasteiger partial charge is 0.179 e. The molecule has 0 fully saturated rings. The molecule has 5 heteroatoms. The number of rotatable bonds is 5. The van der Waals surface area contributed by atoms with Gasteiger partial charge in [0.15, 0.2) is 11.5 Å². The summed E-state index contributed by atoms with van der Waals surface area (Å²) in [5, 5.41) is 0.552. The van der Waals surface area contributed by atoms with Gasteiger partial charge < -0.3 is 14.3 Å². The molecule has 16 heavy (non-hydrogen) atoms. The van der Waals surface area contributed by atoms with Gasteiger partial charge in [-0.2, -0.15) is 0 Å². The van der Waals surface area contributed by atoms with Crippen LogP contribution in [-0.2, 0) is 11.3 Å². The standard InChI is InChI=1S/C11H16ClNO3/c1-7-6-9(14-2)11(15-3)10(12)8(7)4-5-16-13/h6H,4-5,13H2,1-3H3. The lowest BCUT2D eigenvalue weighted by molar-refractivity contribution is 0.141. The Labute approximate surface area is 100 Å². The van der Waals surface area contributed by atoms with Gasteiger partial charge in [0.05, 0.1) is 25.8 Å². The van der Waals surface area contributed by atoms with E-state index in [1.165, 1.54) is 0 Å². The minimum atomic E-state index is 0.413. The zero-order valence-corrected chi connectivity index (χ0v) is 10.4. The molecule has 90 valence electrons. The maximum absolute atomic E-state index is 6.23. The van der Waals surface area contributed by atoms with Gasteiger partial charge in [-0.05, 0) is 30.5 Å². The molecule has 0 unspecified atom stereocenters. The third kappa shape index (κ3) is 2.58. The third-order valence-electron chi connectivity index (χ3n) is 2.41. The van der Waals surface area contributed by atoms with E-state index in [4.69, 9.17) is 27.0 Å². The summed E-state index contributed by atoms with van der Waals surface area (Å²) in [5.41, 5.74) is 1.99. The van der Waals surface area contributed by atoms with Crippen LogP contribution in [0.3, 0.4) is 0 Å². The fourth-order valence-corrected chi connectivity index (χ4v) is 1.99. The molecule has 1 rings (SSSR count). The van der Waals surface area contributed by atoms with Crippen LogP contribution in [0.5, 0.6) is 11.5 Å². The maximum atomic E-state index is 6.23. The van der Waals surface area contributed by atoms with Crippen LogP contribution in [0.4, 0.5) is 0 Å². The van der Waals surface area contributed by atoms with Crippen molar-refractivity contribution in [2.75, 3.05) is 20.8 Å². The van der Waals surface area contributed by atoms with Crippen molar-refractivity contribution in [3.8, 4) is 11.5 Å². The molecule has 0 atom stereocenters. The van der Waals surface area contributed by atoms with E-state index >= 15 is 0 Å². The van der Waals surface area contributed by atoms with E-state index in [9.17, 15) is 0 Å². The molecule has 0 radical (unpaired) electrons. The quantitative estimate of drug-likeness (QED) is 0.808. The van der Waals surface area contributed by atoms with Crippen LogP contribution in [0.1, 0.15) is 11.1 Å². The van der Waals surface area contributed by atoms with Crippen molar-refractivity contribution in [2.24, 2.45) is 5.90 Å². The summed E-state index contributed by atoms with van der Waals surface area (Å²) < 4.78 is 10.4. The highest BCUT2D eigenvalue weighted by Gasteiger charge is 2.15. The summed E-state index contributed by atoms with van der Waals surface area (Å²) in [4.78, 5) is 4.56. The number of nitrogens with two attached hydrogens (primary N) is 1. The minimum absolute atomic E-state index is 0.413. The summed E-state index contributed by atoms with van der Waals surface area (Å²) in [6.07, 6.45) is 0.640. The molecular formula is C11H16ClNO3. The van der Waals surface area contributed by atoms with Crippen molar-refractivity contribution in [1.29, 1.82) is 0 Å². The Hall–Kier alpha value is -0.970. The minimum Gasteiger partial charge on any atom is -0.493 e. The Balaban J connectivity index is 3.18. The van der Waals surface area contributed by atoms with E-state index in [0.29, 0.717) is 29.5 Å². The van der Waals surface area contributed by atoms with E-state index in [-0.39, 0.29) is 0 Å². The highest BCUT2D eigenvalue weighted by molar-refractivity contribution is 6.33. The Kier molecular flexibility index (Phi) is 4.86. The number of methoxy groups -OCH3 is 2. The number of aryl methyl sites for hydroxylation is 1. The first-order valence-corrected chi connectivity index (χ1v) is 5.25. The van der Waals surface area contributed by atoms with Crippen molar-refractivity contribution in [3.05, 3.63) is 22.2 Å². The van der Waals surface area contributed by atoms with E-state index in [0.717, 1.165) is 11.1 Å².